The van der Waals surface area contributed by atoms with Gasteiger partial charge in [-0.1, -0.05) is 26.0 Å². The fourth-order valence-corrected chi connectivity index (χ4v) is 2.57. The van der Waals surface area contributed by atoms with Crippen molar-refractivity contribution in [3.8, 4) is 5.75 Å². The first kappa shape index (κ1) is 15.5. The van der Waals surface area contributed by atoms with Crippen molar-refractivity contribution < 1.29 is 9.53 Å². The molecule has 0 atom stereocenters. The van der Waals surface area contributed by atoms with Gasteiger partial charge in [0.1, 0.15) is 5.75 Å². The minimum atomic E-state index is -0.129. The van der Waals surface area contributed by atoms with Crippen LogP contribution in [0.1, 0.15) is 35.2 Å². The van der Waals surface area contributed by atoms with Crippen molar-refractivity contribution in [2.75, 3.05) is 6.61 Å². The SMILES string of the molecule is Cc1ncc(CNC(=O)COc2cccc(C(C)C)c2)s1. The highest BCUT2D eigenvalue weighted by Gasteiger charge is 2.06. The summed E-state index contributed by atoms with van der Waals surface area (Å²) in [5.41, 5.74) is 1.20. The Morgan fingerprint density at radius 1 is 1.43 bits per heavy atom. The number of thiazole rings is 1. The van der Waals surface area contributed by atoms with Gasteiger partial charge in [-0.05, 0) is 30.5 Å². The van der Waals surface area contributed by atoms with Gasteiger partial charge in [-0.3, -0.25) is 4.79 Å². The van der Waals surface area contributed by atoms with E-state index in [9.17, 15) is 4.79 Å². The van der Waals surface area contributed by atoms with Crippen LogP contribution in [0.15, 0.2) is 30.5 Å². The molecule has 1 N–H and O–H groups in total. The number of hydrogen-bond donors (Lipinski definition) is 1. The van der Waals surface area contributed by atoms with Gasteiger partial charge in [0.25, 0.3) is 5.91 Å². The third kappa shape index (κ3) is 4.86. The van der Waals surface area contributed by atoms with E-state index >= 15 is 0 Å². The molecule has 112 valence electrons. The predicted molar refractivity (Wildman–Crippen MR) is 84.7 cm³/mol. The summed E-state index contributed by atoms with van der Waals surface area (Å²) in [5.74, 6) is 1.04. The fraction of sp³-hybridized carbons (Fsp3) is 0.375. The molecule has 0 aliphatic rings. The van der Waals surface area contributed by atoms with E-state index in [1.807, 2.05) is 25.1 Å². The van der Waals surface area contributed by atoms with Gasteiger partial charge < -0.3 is 10.1 Å². The monoisotopic (exact) mass is 304 g/mol. The van der Waals surface area contributed by atoms with Crippen LogP contribution in [0.5, 0.6) is 5.75 Å². The molecule has 1 aromatic heterocycles. The van der Waals surface area contributed by atoms with Crippen molar-refractivity contribution in [3.63, 3.8) is 0 Å². The second-order valence-corrected chi connectivity index (χ2v) is 6.46. The van der Waals surface area contributed by atoms with Gasteiger partial charge in [0.05, 0.1) is 11.6 Å². The summed E-state index contributed by atoms with van der Waals surface area (Å²) in [4.78, 5) is 17.0. The van der Waals surface area contributed by atoms with Crippen LogP contribution in [-0.2, 0) is 11.3 Å². The largest absolute Gasteiger partial charge is 0.484 e. The van der Waals surface area contributed by atoms with Crippen molar-refractivity contribution >= 4 is 17.2 Å². The van der Waals surface area contributed by atoms with E-state index in [1.54, 1.807) is 17.5 Å². The van der Waals surface area contributed by atoms with Crippen molar-refractivity contribution in [2.24, 2.45) is 0 Å². The average Bonchev–Trinajstić information content (AvgIpc) is 2.89. The first-order chi connectivity index (χ1) is 10.0. The van der Waals surface area contributed by atoms with Gasteiger partial charge in [0.2, 0.25) is 0 Å². The van der Waals surface area contributed by atoms with Gasteiger partial charge in [-0.15, -0.1) is 11.3 Å². The van der Waals surface area contributed by atoms with Crippen LogP contribution in [0.3, 0.4) is 0 Å². The molecule has 0 unspecified atom stereocenters. The molecule has 1 aromatic carbocycles. The predicted octanol–water partition coefficient (Wildman–Crippen LogP) is 3.27. The molecule has 5 heteroatoms. The van der Waals surface area contributed by atoms with Crippen LogP contribution in [0.2, 0.25) is 0 Å². The van der Waals surface area contributed by atoms with Gasteiger partial charge in [0, 0.05) is 11.1 Å². The fourth-order valence-electron chi connectivity index (χ4n) is 1.84. The highest BCUT2D eigenvalue weighted by molar-refractivity contribution is 7.11. The van der Waals surface area contributed by atoms with E-state index in [0.29, 0.717) is 12.5 Å². The van der Waals surface area contributed by atoms with Gasteiger partial charge in [0.15, 0.2) is 6.61 Å². The normalized spacial score (nSPS) is 10.7. The number of rotatable bonds is 6. The van der Waals surface area contributed by atoms with E-state index in [2.05, 4.69) is 30.2 Å². The summed E-state index contributed by atoms with van der Waals surface area (Å²) in [7, 11) is 0. The summed E-state index contributed by atoms with van der Waals surface area (Å²) in [6.45, 7) is 6.73. The maximum absolute atomic E-state index is 11.8. The molecule has 2 aromatic rings. The Balaban J connectivity index is 1.79. The van der Waals surface area contributed by atoms with Gasteiger partial charge in [-0.2, -0.15) is 0 Å². The number of ether oxygens (including phenoxy) is 1. The Morgan fingerprint density at radius 3 is 2.90 bits per heavy atom. The van der Waals surface area contributed by atoms with E-state index in [4.69, 9.17) is 4.74 Å². The van der Waals surface area contributed by atoms with Crippen LogP contribution >= 0.6 is 11.3 Å². The molecule has 0 saturated carbocycles. The molecular formula is C16H20N2O2S. The van der Waals surface area contributed by atoms with Crippen LogP contribution < -0.4 is 10.1 Å². The molecular weight excluding hydrogens is 284 g/mol. The summed E-state index contributed by atoms with van der Waals surface area (Å²) >= 11 is 1.58. The van der Waals surface area contributed by atoms with Gasteiger partial charge >= 0.3 is 0 Å². The first-order valence-corrected chi connectivity index (χ1v) is 7.77. The lowest BCUT2D eigenvalue weighted by atomic mass is 10.0. The summed E-state index contributed by atoms with van der Waals surface area (Å²) in [5, 5.41) is 3.83. The zero-order valence-corrected chi connectivity index (χ0v) is 13.4. The lowest BCUT2D eigenvalue weighted by Gasteiger charge is -2.10. The zero-order chi connectivity index (χ0) is 15.2. The van der Waals surface area contributed by atoms with Crippen LogP contribution in [0, 0.1) is 6.92 Å². The highest BCUT2D eigenvalue weighted by Crippen LogP contribution is 2.20. The van der Waals surface area contributed by atoms with Crippen molar-refractivity contribution in [3.05, 3.63) is 45.9 Å². The minimum Gasteiger partial charge on any atom is -0.484 e. The van der Waals surface area contributed by atoms with Gasteiger partial charge in [-0.25, -0.2) is 4.98 Å². The number of amides is 1. The molecule has 0 spiro atoms. The lowest BCUT2D eigenvalue weighted by molar-refractivity contribution is -0.123. The molecule has 0 radical (unpaired) electrons. The Labute approximate surface area is 129 Å². The molecule has 0 saturated heterocycles. The molecule has 4 nitrogen and oxygen atoms in total. The molecule has 1 heterocycles. The van der Waals surface area contributed by atoms with E-state index in [-0.39, 0.29) is 12.5 Å². The summed E-state index contributed by atoms with van der Waals surface area (Å²) < 4.78 is 5.53. The highest BCUT2D eigenvalue weighted by atomic mass is 32.1. The topological polar surface area (TPSA) is 51.2 Å². The number of aromatic nitrogens is 1. The first-order valence-electron chi connectivity index (χ1n) is 6.95. The summed E-state index contributed by atoms with van der Waals surface area (Å²) in [6.07, 6.45) is 1.78. The maximum atomic E-state index is 11.8. The third-order valence-electron chi connectivity index (χ3n) is 3.02. The number of nitrogens with one attached hydrogen (secondary N) is 1. The molecule has 21 heavy (non-hydrogen) atoms. The van der Waals surface area contributed by atoms with E-state index in [1.165, 1.54) is 5.56 Å². The third-order valence-corrected chi connectivity index (χ3v) is 3.94. The molecule has 0 bridgehead atoms. The number of carbonyl (C=O) groups excluding carboxylic acids is 1. The quantitative estimate of drug-likeness (QED) is 0.891. The maximum Gasteiger partial charge on any atom is 0.258 e. The Kier molecular flexibility index (Phi) is 5.33. The number of benzene rings is 1. The van der Waals surface area contributed by atoms with Crippen LogP contribution in [-0.4, -0.2) is 17.5 Å². The number of aryl methyl sites for hydroxylation is 1. The van der Waals surface area contributed by atoms with Crippen LogP contribution in [0.25, 0.3) is 0 Å². The molecule has 0 aliphatic carbocycles. The van der Waals surface area contributed by atoms with E-state index in [0.717, 1.165) is 15.6 Å². The number of carbonyl (C=O) groups is 1. The van der Waals surface area contributed by atoms with Crippen molar-refractivity contribution in [1.29, 1.82) is 0 Å². The number of hydrogen-bond acceptors (Lipinski definition) is 4. The Bertz CT molecular complexity index is 608. The lowest BCUT2D eigenvalue weighted by Crippen LogP contribution is -2.28. The Hall–Kier alpha value is -1.88. The number of nitrogens with zero attached hydrogens (tertiary/aromatic N) is 1. The zero-order valence-electron chi connectivity index (χ0n) is 12.6. The molecule has 0 fully saturated rings. The standard InChI is InChI=1S/C16H20N2O2S/c1-11(2)13-5-4-6-14(7-13)20-10-16(19)18-9-15-8-17-12(3)21-15/h4-8,11H,9-10H2,1-3H3,(H,18,19). The second-order valence-electron chi connectivity index (χ2n) is 5.14. The smallest absolute Gasteiger partial charge is 0.258 e. The minimum absolute atomic E-state index is 0.0271. The second kappa shape index (κ2) is 7.22. The molecule has 2 rings (SSSR count). The Morgan fingerprint density at radius 2 is 2.24 bits per heavy atom. The summed E-state index contributed by atoms with van der Waals surface area (Å²) in [6, 6.07) is 7.85. The molecule has 1 amide bonds. The van der Waals surface area contributed by atoms with Crippen molar-refractivity contribution in [1.82, 2.24) is 10.3 Å². The average molecular weight is 304 g/mol. The van der Waals surface area contributed by atoms with E-state index < -0.39 is 0 Å². The van der Waals surface area contributed by atoms with Crippen LogP contribution in [0.4, 0.5) is 0 Å². The molecule has 0 aliphatic heterocycles. The van der Waals surface area contributed by atoms with Crippen molar-refractivity contribution in [2.45, 2.75) is 33.2 Å².